The standard InChI is InChI=1S/C24H33FN4O/c1-19(20-8-4-3-5-9-20)29-24(13-16-30-17-14-24)18-28-23(26-2)27-15-12-21-10-6-7-11-22(21)25/h3-11,19,29H,12-18H2,1-2H3,(H2,26,27,28). The van der Waals surface area contributed by atoms with E-state index in [1.165, 1.54) is 11.6 Å². The number of hydrogen-bond acceptors (Lipinski definition) is 3. The average molecular weight is 413 g/mol. The molecule has 3 rings (SSSR count). The molecule has 0 amide bonds. The Hall–Kier alpha value is -2.44. The highest BCUT2D eigenvalue weighted by Gasteiger charge is 2.34. The fourth-order valence-electron chi connectivity index (χ4n) is 3.91. The van der Waals surface area contributed by atoms with Crippen molar-refractivity contribution >= 4 is 5.96 Å². The summed E-state index contributed by atoms with van der Waals surface area (Å²) in [5.74, 6) is 0.564. The first-order valence-corrected chi connectivity index (χ1v) is 10.7. The summed E-state index contributed by atoms with van der Waals surface area (Å²) in [6.07, 6.45) is 2.47. The second-order valence-electron chi connectivity index (χ2n) is 7.86. The van der Waals surface area contributed by atoms with Crippen LogP contribution in [0.2, 0.25) is 0 Å². The summed E-state index contributed by atoms with van der Waals surface area (Å²) in [5.41, 5.74) is 1.91. The van der Waals surface area contributed by atoms with Gasteiger partial charge in [0.2, 0.25) is 0 Å². The minimum atomic E-state index is -0.164. The van der Waals surface area contributed by atoms with Gasteiger partial charge in [-0.05, 0) is 43.4 Å². The van der Waals surface area contributed by atoms with Crippen molar-refractivity contribution in [1.29, 1.82) is 0 Å². The van der Waals surface area contributed by atoms with Crippen molar-refractivity contribution in [2.75, 3.05) is 33.4 Å². The normalized spacial score (nSPS) is 17.4. The van der Waals surface area contributed by atoms with Gasteiger partial charge in [0.1, 0.15) is 5.82 Å². The fourth-order valence-corrected chi connectivity index (χ4v) is 3.91. The van der Waals surface area contributed by atoms with E-state index in [9.17, 15) is 4.39 Å². The molecule has 0 aromatic heterocycles. The molecule has 1 unspecified atom stereocenters. The van der Waals surface area contributed by atoms with Crippen LogP contribution in [0.15, 0.2) is 59.6 Å². The molecule has 2 aromatic carbocycles. The van der Waals surface area contributed by atoms with Crippen LogP contribution in [0.25, 0.3) is 0 Å². The van der Waals surface area contributed by atoms with E-state index in [1.807, 2.05) is 18.2 Å². The zero-order valence-corrected chi connectivity index (χ0v) is 18.0. The molecule has 5 nitrogen and oxygen atoms in total. The third-order valence-electron chi connectivity index (χ3n) is 5.73. The van der Waals surface area contributed by atoms with Crippen molar-refractivity contribution in [2.45, 2.75) is 37.8 Å². The smallest absolute Gasteiger partial charge is 0.191 e. The Kier molecular flexibility index (Phi) is 8.22. The van der Waals surface area contributed by atoms with Crippen molar-refractivity contribution in [3.05, 3.63) is 71.5 Å². The second-order valence-corrected chi connectivity index (χ2v) is 7.86. The minimum absolute atomic E-state index is 0.0728. The van der Waals surface area contributed by atoms with Gasteiger partial charge in [-0.3, -0.25) is 4.99 Å². The summed E-state index contributed by atoms with van der Waals surface area (Å²) >= 11 is 0. The summed E-state index contributed by atoms with van der Waals surface area (Å²) in [5, 5.41) is 10.6. The zero-order valence-electron chi connectivity index (χ0n) is 18.0. The lowest BCUT2D eigenvalue weighted by molar-refractivity contribution is 0.0355. The highest BCUT2D eigenvalue weighted by Crippen LogP contribution is 2.25. The van der Waals surface area contributed by atoms with E-state index < -0.39 is 0 Å². The Balaban J connectivity index is 1.55. The molecule has 1 heterocycles. The van der Waals surface area contributed by atoms with E-state index >= 15 is 0 Å². The van der Waals surface area contributed by atoms with Crippen molar-refractivity contribution in [3.8, 4) is 0 Å². The number of hydrogen-bond donors (Lipinski definition) is 3. The van der Waals surface area contributed by atoms with Crippen LogP contribution >= 0.6 is 0 Å². The van der Waals surface area contributed by atoms with Crippen molar-refractivity contribution < 1.29 is 9.13 Å². The molecule has 0 spiro atoms. The van der Waals surface area contributed by atoms with Crippen molar-refractivity contribution in [1.82, 2.24) is 16.0 Å². The molecule has 1 aliphatic heterocycles. The molecular formula is C24H33FN4O. The van der Waals surface area contributed by atoms with Crippen LogP contribution in [-0.4, -0.2) is 44.8 Å². The molecule has 30 heavy (non-hydrogen) atoms. The number of nitrogens with zero attached hydrogens (tertiary/aromatic N) is 1. The highest BCUT2D eigenvalue weighted by atomic mass is 19.1. The first-order valence-electron chi connectivity index (χ1n) is 10.7. The molecule has 0 radical (unpaired) electrons. The van der Waals surface area contributed by atoms with Gasteiger partial charge in [0.15, 0.2) is 5.96 Å². The molecule has 0 aliphatic carbocycles. The van der Waals surface area contributed by atoms with Gasteiger partial charge in [-0.1, -0.05) is 48.5 Å². The Morgan fingerprint density at radius 3 is 2.47 bits per heavy atom. The fraction of sp³-hybridized carbons (Fsp3) is 0.458. The number of rotatable bonds is 8. The largest absolute Gasteiger partial charge is 0.381 e. The quantitative estimate of drug-likeness (QED) is 0.459. The van der Waals surface area contributed by atoms with Gasteiger partial charge in [0, 0.05) is 44.9 Å². The monoisotopic (exact) mass is 412 g/mol. The van der Waals surface area contributed by atoms with Crippen LogP contribution in [0.5, 0.6) is 0 Å². The van der Waals surface area contributed by atoms with E-state index in [2.05, 4.69) is 52.1 Å². The van der Waals surface area contributed by atoms with Crippen LogP contribution in [-0.2, 0) is 11.2 Å². The summed E-state index contributed by atoms with van der Waals surface area (Å²) in [6.45, 7) is 5.05. The lowest BCUT2D eigenvalue weighted by Crippen LogP contribution is -2.58. The van der Waals surface area contributed by atoms with Crippen LogP contribution in [0.1, 0.15) is 36.9 Å². The second kappa shape index (κ2) is 11.1. The molecule has 1 aliphatic rings. The highest BCUT2D eigenvalue weighted by molar-refractivity contribution is 5.79. The maximum absolute atomic E-state index is 13.8. The summed E-state index contributed by atoms with van der Waals surface area (Å²) in [7, 11) is 1.76. The van der Waals surface area contributed by atoms with Gasteiger partial charge < -0.3 is 20.7 Å². The molecular weight excluding hydrogens is 379 g/mol. The Morgan fingerprint density at radius 1 is 1.07 bits per heavy atom. The van der Waals surface area contributed by atoms with E-state index in [1.54, 1.807) is 13.1 Å². The third-order valence-corrected chi connectivity index (χ3v) is 5.73. The number of ether oxygens (including phenoxy) is 1. The molecule has 3 N–H and O–H groups in total. The maximum Gasteiger partial charge on any atom is 0.191 e. The average Bonchev–Trinajstić information content (AvgIpc) is 2.78. The molecule has 162 valence electrons. The Bertz CT molecular complexity index is 806. The summed E-state index contributed by atoms with van der Waals surface area (Å²) in [6, 6.07) is 17.6. The van der Waals surface area contributed by atoms with Gasteiger partial charge in [0.25, 0.3) is 0 Å². The van der Waals surface area contributed by atoms with E-state index in [4.69, 9.17) is 4.74 Å². The maximum atomic E-state index is 13.8. The molecule has 6 heteroatoms. The lowest BCUT2D eigenvalue weighted by Gasteiger charge is -2.41. The first-order chi connectivity index (χ1) is 14.6. The van der Waals surface area contributed by atoms with E-state index in [0.717, 1.165) is 38.6 Å². The lowest BCUT2D eigenvalue weighted by atomic mass is 9.88. The van der Waals surface area contributed by atoms with Gasteiger partial charge in [0.05, 0.1) is 0 Å². The van der Waals surface area contributed by atoms with E-state index in [0.29, 0.717) is 18.5 Å². The topological polar surface area (TPSA) is 57.7 Å². The minimum Gasteiger partial charge on any atom is -0.381 e. The number of nitrogens with one attached hydrogen (secondary N) is 3. The van der Waals surface area contributed by atoms with Crippen LogP contribution in [0.4, 0.5) is 4.39 Å². The van der Waals surface area contributed by atoms with Gasteiger partial charge in [-0.25, -0.2) is 4.39 Å². The van der Waals surface area contributed by atoms with Crippen LogP contribution in [0, 0.1) is 5.82 Å². The Labute approximate surface area is 179 Å². The van der Waals surface area contributed by atoms with Crippen molar-refractivity contribution in [3.63, 3.8) is 0 Å². The van der Waals surface area contributed by atoms with Gasteiger partial charge in [-0.15, -0.1) is 0 Å². The molecule has 2 aromatic rings. The zero-order chi connectivity index (χ0) is 21.2. The first kappa shape index (κ1) is 22.2. The number of halogens is 1. The molecule has 1 saturated heterocycles. The van der Waals surface area contributed by atoms with Gasteiger partial charge in [-0.2, -0.15) is 0 Å². The summed E-state index contributed by atoms with van der Waals surface area (Å²) < 4.78 is 19.4. The molecule has 0 saturated carbocycles. The summed E-state index contributed by atoms with van der Waals surface area (Å²) in [4.78, 5) is 4.34. The number of guanidine groups is 1. The van der Waals surface area contributed by atoms with E-state index in [-0.39, 0.29) is 17.4 Å². The van der Waals surface area contributed by atoms with Crippen molar-refractivity contribution in [2.24, 2.45) is 4.99 Å². The van der Waals surface area contributed by atoms with Crippen LogP contribution in [0.3, 0.4) is 0 Å². The van der Waals surface area contributed by atoms with Crippen LogP contribution < -0.4 is 16.0 Å². The number of aliphatic imine (C=N–C) groups is 1. The third kappa shape index (κ3) is 6.28. The molecule has 0 bridgehead atoms. The SMILES string of the molecule is CN=C(NCCc1ccccc1F)NCC1(NC(C)c2ccccc2)CCOCC1. The Morgan fingerprint density at radius 2 is 1.77 bits per heavy atom. The molecule has 1 fully saturated rings. The number of benzene rings is 2. The predicted octanol–water partition coefficient (Wildman–Crippen LogP) is 3.43. The molecule has 1 atom stereocenters. The predicted molar refractivity (Wildman–Crippen MR) is 120 cm³/mol. The van der Waals surface area contributed by atoms with Gasteiger partial charge >= 0.3 is 0 Å².